The second-order valence-electron chi connectivity index (χ2n) is 9.28. The van der Waals surface area contributed by atoms with E-state index < -0.39 is 23.3 Å². The molecule has 3 aromatic rings. The van der Waals surface area contributed by atoms with E-state index in [1.807, 2.05) is 0 Å². The van der Waals surface area contributed by atoms with E-state index in [1.54, 1.807) is 60.7 Å². The Morgan fingerprint density at radius 3 is 2.50 bits per heavy atom. The second-order valence-corrected chi connectivity index (χ2v) is 9.69. The molecule has 0 radical (unpaired) electrons. The van der Waals surface area contributed by atoms with Crippen LogP contribution in [0.1, 0.15) is 51.8 Å². The van der Waals surface area contributed by atoms with Crippen LogP contribution >= 0.6 is 11.6 Å². The van der Waals surface area contributed by atoms with Crippen molar-refractivity contribution in [3.63, 3.8) is 0 Å². The van der Waals surface area contributed by atoms with Gasteiger partial charge in [-0.05, 0) is 59.9 Å². The minimum atomic E-state index is -1.05. The fourth-order valence-corrected chi connectivity index (χ4v) is 5.63. The van der Waals surface area contributed by atoms with Gasteiger partial charge in [0.15, 0.2) is 11.5 Å². The highest BCUT2D eigenvalue weighted by molar-refractivity contribution is 6.32. The van der Waals surface area contributed by atoms with E-state index in [1.165, 1.54) is 4.90 Å². The number of carbonyl (C=O) groups is 2. The Labute approximate surface area is 212 Å². The summed E-state index contributed by atoms with van der Waals surface area (Å²) < 4.78 is 11.4. The van der Waals surface area contributed by atoms with Crippen LogP contribution in [0.15, 0.2) is 60.7 Å². The van der Waals surface area contributed by atoms with Gasteiger partial charge in [-0.25, -0.2) is 0 Å². The minimum Gasteiger partial charge on any atom is -0.486 e. The van der Waals surface area contributed by atoms with Gasteiger partial charge in [0.1, 0.15) is 19.1 Å². The van der Waals surface area contributed by atoms with Crippen LogP contribution in [-0.2, 0) is 10.2 Å². The van der Waals surface area contributed by atoms with Gasteiger partial charge in [-0.15, -0.1) is 0 Å². The molecule has 6 rings (SSSR count). The van der Waals surface area contributed by atoms with Gasteiger partial charge in [-0.2, -0.15) is 5.26 Å². The summed E-state index contributed by atoms with van der Waals surface area (Å²) in [5.41, 5.74) is 1.98. The summed E-state index contributed by atoms with van der Waals surface area (Å²) in [5.74, 6) is -1.33. The van der Waals surface area contributed by atoms with Crippen LogP contribution in [0.4, 0.5) is 5.69 Å². The highest BCUT2D eigenvalue weighted by atomic mass is 35.5. The summed E-state index contributed by atoms with van der Waals surface area (Å²) in [7, 11) is 0. The lowest BCUT2D eigenvalue weighted by Crippen LogP contribution is -2.45. The van der Waals surface area contributed by atoms with Crippen LogP contribution in [0, 0.1) is 11.3 Å². The van der Waals surface area contributed by atoms with Gasteiger partial charge in [0.05, 0.1) is 17.5 Å². The number of fused-ring (bicyclic) bond motifs is 2. The first-order chi connectivity index (χ1) is 17.4. The SMILES string of the molecule is N#CC1(c2ccc(N3C(=O)c4ccccc4[C@H](C(=O)O)[C@H]3c3ccc4c(c3)OCCO4)cc2Cl)CC1. The molecule has 8 heteroatoms. The van der Waals surface area contributed by atoms with Crippen molar-refractivity contribution in [3.05, 3.63) is 87.9 Å². The molecular formula is C28H21ClN2O5. The van der Waals surface area contributed by atoms with Crippen molar-refractivity contribution in [3.8, 4) is 17.6 Å². The highest BCUT2D eigenvalue weighted by Crippen LogP contribution is 2.52. The maximum Gasteiger partial charge on any atom is 0.313 e. The lowest BCUT2D eigenvalue weighted by molar-refractivity contribution is -0.139. The molecule has 0 spiro atoms. The predicted molar refractivity (Wildman–Crippen MR) is 132 cm³/mol. The summed E-state index contributed by atoms with van der Waals surface area (Å²) in [6.07, 6.45) is 1.47. The predicted octanol–water partition coefficient (Wildman–Crippen LogP) is 5.24. The second kappa shape index (κ2) is 8.28. The zero-order chi connectivity index (χ0) is 25.0. The number of halogens is 1. The number of rotatable bonds is 4. The highest BCUT2D eigenvalue weighted by Gasteiger charge is 2.48. The zero-order valence-corrected chi connectivity index (χ0v) is 19.9. The standard InChI is InChI=1S/C28H21ClN2O5/c29-21-14-17(6-7-20(21)28(15-30)9-10-28)31-25(16-5-8-22-23(13-16)36-12-11-35-22)24(27(33)34)18-3-1-2-4-19(18)26(31)32/h1-8,13-14,24-25H,9-12H2,(H,33,34)/t24-,25+/m0/s1. The van der Waals surface area contributed by atoms with Crippen molar-refractivity contribution in [2.75, 3.05) is 18.1 Å². The van der Waals surface area contributed by atoms with Gasteiger partial charge >= 0.3 is 5.97 Å². The van der Waals surface area contributed by atoms with Crippen molar-refractivity contribution >= 4 is 29.2 Å². The molecule has 3 aliphatic rings. The van der Waals surface area contributed by atoms with E-state index in [9.17, 15) is 20.0 Å². The van der Waals surface area contributed by atoms with Gasteiger partial charge in [0.25, 0.3) is 5.91 Å². The molecule has 2 aliphatic heterocycles. The molecule has 7 nitrogen and oxygen atoms in total. The van der Waals surface area contributed by atoms with E-state index >= 15 is 0 Å². The molecule has 1 fully saturated rings. The zero-order valence-electron chi connectivity index (χ0n) is 19.1. The first-order valence-corrected chi connectivity index (χ1v) is 12.1. The Morgan fingerprint density at radius 1 is 1.06 bits per heavy atom. The van der Waals surface area contributed by atoms with Crippen molar-refractivity contribution in [2.45, 2.75) is 30.2 Å². The molecule has 180 valence electrons. The first-order valence-electron chi connectivity index (χ1n) is 11.7. The number of benzene rings is 3. The molecule has 1 N–H and O–H groups in total. The molecule has 0 unspecified atom stereocenters. The number of hydrogen-bond donors (Lipinski definition) is 1. The van der Waals surface area contributed by atoms with E-state index in [2.05, 4.69) is 6.07 Å². The lowest BCUT2D eigenvalue weighted by Gasteiger charge is -2.41. The molecule has 2 heterocycles. The number of nitriles is 1. The molecular weight excluding hydrogens is 480 g/mol. The van der Waals surface area contributed by atoms with Crippen LogP contribution in [-0.4, -0.2) is 30.2 Å². The monoisotopic (exact) mass is 500 g/mol. The Bertz CT molecular complexity index is 1460. The molecule has 0 aromatic heterocycles. The minimum absolute atomic E-state index is 0.326. The Hall–Kier alpha value is -4.02. The van der Waals surface area contributed by atoms with E-state index in [4.69, 9.17) is 21.1 Å². The summed E-state index contributed by atoms with van der Waals surface area (Å²) in [5, 5.41) is 20.4. The Morgan fingerprint density at radius 2 is 1.81 bits per heavy atom. The number of aliphatic carboxylic acids is 1. The molecule has 0 saturated heterocycles. The van der Waals surface area contributed by atoms with Crippen LogP contribution in [0.5, 0.6) is 11.5 Å². The van der Waals surface area contributed by atoms with Crippen LogP contribution in [0.3, 0.4) is 0 Å². The van der Waals surface area contributed by atoms with Crippen molar-refractivity contribution < 1.29 is 24.2 Å². The molecule has 2 atom stereocenters. The quantitative estimate of drug-likeness (QED) is 0.526. The van der Waals surface area contributed by atoms with Crippen molar-refractivity contribution in [1.82, 2.24) is 0 Å². The smallest absolute Gasteiger partial charge is 0.313 e. The normalized spacial score (nSPS) is 21.3. The average Bonchev–Trinajstić information content (AvgIpc) is 3.69. The molecule has 1 amide bonds. The fourth-order valence-electron chi connectivity index (χ4n) is 5.28. The third-order valence-electron chi connectivity index (χ3n) is 7.22. The third kappa shape index (κ3) is 3.41. The topological polar surface area (TPSA) is 99.9 Å². The van der Waals surface area contributed by atoms with E-state index in [0.29, 0.717) is 52.1 Å². The van der Waals surface area contributed by atoms with Gasteiger partial charge in [-0.1, -0.05) is 41.9 Å². The van der Waals surface area contributed by atoms with E-state index in [-0.39, 0.29) is 5.91 Å². The maximum absolute atomic E-state index is 13.9. The van der Waals surface area contributed by atoms with E-state index in [0.717, 1.165) is 18.4 Å². The number of amides is 1. The van der Waals surface area contributed by atoms with Gasteiger partial charge in [-0.3, -0.25) is 14.5 Å². The van der Waals surface area contributed by atoms with Gasteiger partial charge < -0.3 is 14.6 Å². The summed E-state index contributed by atoms with van der Waals surface area (Å²) in [6, 6.07) is 18.7. The van der Waals surface area contributed by atoms with Gasteiger partial charge in [0.2, 0.25) is 0 Å². The molecule has 36 heavy (non-hydrogen) atoms. The largest absolute Gasteiger partial charge is 0.486 e. The van der Waals surface area contributed by atoms with Crippen LogP contribution < -0.4 is 14.4 Å². The first kappa shape index (κ1) is 22.4. The molecule has 1 aliphatic carbocycles. The Kier molecular flexibility index (Phi) is 5.16. The van der Waals surface area contributed by atoms with Crippen molar-refractivity contribution in [2.24, 2.45) is 0 Å². The number of nitrogens with zero attached hydrogens (tertiary/aromatic N) is 2. The number of carboxylic acid groups (broad SMARTS) is 1. The molecule has 3 aromatic carbocycles. The average molecular weight is 501 g/mol. The number of anilines is 1. The van der Waals surface area contributed by atoms with Crippen LogP contribution in [0.2, 0.25) is 5.02 Å². The molecule has 0 bridgehead atoms. The molecule has 1 saturated carbocycles. The number of ether oxygens (including phenoxy) is 2. The van der Waals surface area contributed by atoms with Crippen LogP contribution in [0.25, 0.3) is 0 Å². The van der Waals surface area contributed by atoms with Gasteiger partial charge in [0, 0.05) is 16.3 Å². The van der Waals surface area contributed by atoms with Crippen molar-refractivity contribution in [1.29, 1.82) is 5.26 Å². The third-order valence-corrected chi connectivity index (χ3v) is 7.54. The Balaban J connectivity index is 1.54. The summed E-state index contributed by atoms with van der Waals surface area (Å²) in [4.78, 5) is 28.1. The fraction of sp³-hybridized carbons (Fsp3) is 0.250. The maximum atomic E-state index is 13.9. The number of carbonyl (C=O) groups excluding carboxylic acids is 1. The lowest BCUT2D eigenvalue weighted by atomic mass is 9.79. The summed E-state index contributed by atoms with van der Waals surface area (Å²) in [6.45, 7) is 0.813. The summed E-state index contributed by atoms with van der Waals surface area (Å²) >= 11 is 6.65. The number of hydrogen-bond acceptors (Lipinski definition) is 5. The number of carboxylic acids is 1.